The smallest absolute Gasteiger partial charge is 0.0736 e. The molecule has 1 unspecified atom stereocenters. The fraction of sp³-hybridized carbons (Fsp3) is 0.400. The van der Waals surface area contributed by atoms with Crippen LogP contribution in [0.1, 0.15) is 41.1 Å². The topological polar surface area (TPSA) is 39.6 Å². The van der Waals surface area contributed by atoms with Crippen LogP contribution < -0.4 is 0 Å². The first-order valence-corrected chi connectivity index (χ1v) is 6.22. The maximum Gasteiger partial charge on any atom is 0.0736 e. The van der Waals surface area contributed by atoms with Gasteiger partial charge in [0.15, 0.2) is 0 Å². The van der Waals surface area contributed by atoms with Gasteiger partial charge in [-0.2, -0.15) is 5.26 Å². The molecule has 0 fully saturated rings. The third kappa shape index (κ3) is 1.46. The van der Waals surface area contributed by atoms with E-state index in [1.165, 1.54) is 33.3 Å². The highest BCUT2D eigenvalue weighted by Crippen LogP contribution is 2.37. The van der Waals surface area contributed by atoms with E-state index in [4.69, 9.17) is 0 Å². The zero-order valence-corrected chi connectivity index (χ0v) is 10.3. The summed E-state index contributed by atoms with van der Waals surface area (Å²) in [6.07, 6.45) is 3.21. The number of nitrogens with zero attached hydrogens (tertiary/aromatic N) is 1. The van der Waals surface area contributed by atoms with Crippen molar-refractivity contribution in [3.63, 3.8) is 0 Å². The van der Waals surface area contributed by atoms with Gasteiger partial charge in [-0.05, 0) is 50.3 Å². The van der Waals surface area contributed by atoms with Crippen LogP contribution in [0.3, 0.4) is 0 Å². The molecule has 1 atom stereocenters. The number of aromatic nitrogens is 1. The van der Waals surface area contributed by atoms with Gasteiger partial charge in [0.2, 0.25) is 0 Å². The summed E-state index contributed by atoms with van der Waals surface area (Å²) < 4.78 is 0. The number of hydrogen-bond donors (Lipinski definition) is 1. The molecule has 17 heavy (non-hydrogen) atoms. The number of H-pyrrole nitrogens is 1. The van der Waals surface area contributed by atoms with Gasteiger partial charge in [-0.3, -0.25) is 0 Å². The van der Waals surface area contributed by atoms with E-state index in [1.54, 1.807) is 0 Å². The van der Waals surface area contributed by atoms with Crippen LogP contribution in [0.25, 0.3) is 10.9 Å². The standard InChI is InChI=1S/C15H16N2/c1-9-6-10(2)15-12(7-9)14-11(8-16)4-3-5-13(14)17-15/h6-7,11,17H,3-5H2,1-2H3. The Morgan fingerprint density at radius 3 is 2.94 bits per heavy atom. The largest absolute Gasteiger partial charge is 0.358 e. The van der Waals surface area contributed by atoms with Crippen molar-refractivity contribution in [1.29, 1.82) is 5.26 Å². The lowest BCUT2D eigenvalue weighted by Crippen LogP contribution is -2.06. The summed E-state index contributed by atoms with van der Waals surface area (Å²) in [6, 6.07) is 6.87. The molecule has 1 N–H and O–H groups in total. The Morgan fingerprint density at radius 1 is 1.35 bits per heavy atom. The van der Waals surface area contributed by atoms with E-state index < -0.39 is 0 Å². The van der Waals surface area contributed by atoms with E-state index in [9.17, 15) is 5.26 Å². The fourth-order valence-electron chi connectivity index (χ4n) is 3.08. The van der Waals surface area contributed by atoms with Gasteiger partial charge in [0, 0.05) is 16.6 Å². The van der Waals surface area contributed by atoms with Crippen molar-refractivity contribution in [2.75, 3.05) is 0 Å². The van der Waals surface area contributed by atoms with Gasteiger partial charge >= 0.3 is 0 Å². The lowest BCUT2D eigenvalue weighted by molar-refractivity contribution is 0.633. The molecule has 1 aliphatic carbocycles. The molecule has 0 saturated carbocycles. The highest BCUT2D eigenvalue weighted by atomic mass is 14.7. The first-order valence-electron chi connectivity index (χ1n) is 6.22. The molecule has 2 aromatic rings. The van der Waals surface area contributed by atoms with E-state index in [2.05, 4.69) is 37.0 Å². The molecule has 0 saturated heterocycles. The Bertz CT molecular complexity index is 628. The zero-order chi connectivity index (χ0) is 12.0. The van der Waals surface area contributed by atoms with Crippen molar-refractivity contribution >= 4 is 10.9 Å². The molecule has 2 nitrogen and oxygen atoms in total. The number of benzene rings is 1. The average Bonchev–Trinajstić information content (AvgIpc) is 2.68. The third-order valence-corrected chi connectivity index (χ3v) is 3.79. The minimum Gasteiger partial charge on any atom is -0.358 e. The summed E-state index contributed by atoms with van der Waals surface area (Å²) in [5.74, 6) is 0.0775. The third-order valence-electron chi connectivity index (χ3n) is 3.79. The van der Waals surface area contributed by atoms with Gasteiger partial charge in [0.25, 0.3) is 0 Å². The molecule has 0 amide bonds. The second kappa shape index (κ2) is 3.63. The minimum atomic E-state index is 0.0775. The Morgan fingerprint density at radius 2 is 2.18 bits per heavy atom. The molecule has 3 rings (SSSR count). The van der Waals surface area contributed by atoms with Crippen LogP contribution in [0.4, 0.5) is 0 Å². The molecule has 0 aliphatic heterocycles. The number of fused-ring (bicyclic) bond motifs is 3. The van der Waals surface area contributed by atoms with Gasteiger partial charge in [-0.15, -0.1) is 0 Å². The van der Waals surface area contributed by atoms with Crippen molar-refractivity contribution in [2.24, 2.45) is 0 Å². The van der Waals surface area contributed by atoms with Crippen LogP contribution in [0, 0.1) is 25.2 Å². The van der Waals surface area contributed by atoms with E-state index in [0.717, 1.165) is 19.3 Å². The van der Waals surface area contributed by atoms with Crippen LogP contribution in [-0.4, -0.2) is 4.98 Å². The molecule has 0 bridgehead atoms. The lowest BCUT2D eigenvalue weighted by atomic mass is 9.86. The first-order chi connectivity index (χ1) is 8.20. The van der Waals surface area contributed by atoms with Crippen LogP contribution in [0.2, 0.25) is 0 Å². The predicted molar refractivity (Wildman–Crippen MR) is 69.1 cm³/mol. The maximum absolute atomic E-state index is 9.29. The Kier molecular flexibility index (Phi) is 2.22. The number of aromatic amines is 1. The van der Waals surface area contributed by atoms with Crippen LogP contribution in [0.15, 0.2) is 12.1 Å². The molecule has 86 valence electrons. The van der Waals surface area contributed by atoms with E-state index in [1.807, 2.05) is 0 Å². The summed E-state index contributed by atoms with van der Waals surface area (Å²) >= 11 is 0. The number of aryl methyl sites for hydroxylation is 3. The van der Waals surface area contributed by atoms with Gasteiger partial charge in [0.1, 0.15) is 0 Å². The fourth-order valence-corrected chi connectivity index (χ4v) is 3.08. The number of hydrogen-bond acceptors (Lipinski definition) is 1. The number of nitrogens with one attached hydrogen (secondary N) is 1. The molecule has 1 aromatic carbocycles. The van der Waals surface area contributed by atoms with E-state index in [0.29, 0.717) is 0 Å². The second-order valence-electron chi connectivity index (χ2n) is 5.10. The van der Waals surface area contributed by atoms with Crippen LogP contribution >= 0.6 is 0 Å². The average molecular weight is 224 g/mol. The molecule has 1 aromatic heterocycles. The second-order valence-corrected chi connectivity index (χ2v) is 5.10. The van der Waals surface area contributed by atoms with Crippen molar-refractivity contribution < 1.29 is 0 Å². The molecular formula is C15H16N2. The Balaban J connectivity index is 2.37. The Hall–Kier alpha value is -1.75. The van der Waals surface area contributed by atoms with E-state index in [-0.39, 0.29) is 5.92 Å². The molecule has 0 radical (unpaired) electrons. The van der Waals surface area contributed by atoms with Gasteiger partial charge in [-0.1, -0.05) is 11.6 Å². The van der Waals surface area contributed by atoms with Gasteiger partial charge < -0.3 is 4.98 Å². The molecule has 0 spiro atoms. The summed E-state index contributed by atoms with van der Waals surface area (Å²) in [6.45, 7) is 4.26. The molecule has 1 heterocycles. The summed E-state index contributed by atoms with van der Waals surface area (Å²) in [5, 5.41) is 10.6. The number of nitriles is 1. The molecular weight excluding hydrogens is 208 g/mol. The van der Waals surface area contributed by atoms with Gasteiger partial charge in [0.05, 0.1) is 12.0 Å². The minimum absolute atomic E-state index is 0.0775. The van der Waals surface area contributed by atoms with Crippen molar-refractivity contribution in [2.45, 2.75) is 39.0 Å². The van der Waals surface area contributed by atoms with Crippen LogP contribution in [0.5, 0.6) is 0 Å². The van der Waals surface area contributed by atoms with Crippen molar-refractivity contribution in [3.8, 4) is 6.07 Å². The van der Waals surface area contributed by atoms with Crippen LogP contribution in [-0.2, 0) is 6.42 Å². The summed E-state index contributed by atoms with van der Waals surface area (Å²) in [4.78, 5) is 3.52. The first kappa shape index (κ1) is 10.4. The lowest BCUT2D eigenvalue weighted by Gasteiger charge is -2.16. The molecule has 1 aliphatic rings. The number of rotatable bonds is 0. The Labute approximate surface area is 101 Å². The quantitative estimate of drug-likeness (QED) is 0.727. The van der Waals surface area contributed by atoms with Crippen molar-refractivity contribution in [1.82, 2.24) is 4.98 Å². The van der Waals surface area contributed by atoms with Crippen molar-refractivity contribution in [3.05, 3.63) is 34.5 Å². The van der Waals surface area contributed by atoms with E-state index >= 15 is 0 Å². The highest BCUT2D eigenvalue weighted by molar-refractivity contribution is 5.89. The van der Waals surface area contributed by atoms with Gasteiger partial charge in [-0.25, -0.2) is 0 Å². The summed E-state index contributed by atoms with van der Waals surface area (Å²) in [5.41, 5.74) is 6.33. The predicted octanol–water partition coefficient (Wildman–Crippen LogP) is 3.73. The molecule has 2 heteroatoms. The normalized spacial score (nSPS) is 19.0. The monoisotopic (exact) mass is 224 g/mol. The zero-order valence-electron chi connectivity index (χ0n) is 10.3. The SMILES string of the molecule is Cc1cc(C)c2[nH]c3c(c2c1)C(C#N)CCC3. The highest BCUT2D eigenvalue weighted by Gasteiger charge is 2.24. The maximum atomic E-state index is 9.29. The summed E-state index contributed by atoms with van der Waals surface area (Å²) in [7, 11) is 0.